The summed E-state index contributed by atoms with van der Waals surface area (Å²) in [5.41, 5.74) is 0. The van der Waals surface area contributed by atoms with Crippen LogP contribution in [0, 0.1) is 0 Å². The Kier molecular flexibility index (Phi) is 8.36. The van der Waals surface area contributed by atoms with Crippen LogP contribution < -0.4 is 0 Å². The molecular formula is C10H13ClO2. The molecule has 1 fully saturated rings. The van der Waals surface area contributed by atoms with Gasteiger partial charge in [0.05, 0.1) is 0 Å². The Balaban J connectivity index is 0.000000200. The van der Waals surface area contributed by atoms with Crippen molar-refractivity contribution in [2.24, 2.45) is 0 Å². The Morgan fingerprint density at radius 1 is 1.15 bits per heavy atom. The number of benzene rings is 1. The molecule has 2 rings (SSSR count). The smallest absolute Gasteiger partial charge is 0.290 e. The van der Waals surface area contributed by atoms with E-state index in [1.54, 1.807) is 0 Å². The molecule has 1 aliphatic carbocycles. The minimum atomic E-state index is -0.250. The summed E-state index contributed by atoms with van der Waals surface area (Å²) in [6.07, 6.45) is 4.50. The molecule has 72 valence electrons. The van der Waals surface area contributed by atoms with E-state index in [0.717, 1.165) is 5.02 Å². The minimum absolute atomic E-state index is 0.250. The highest BCUT2D eigenvalue weighted by atomic mass is 35.5. The van der Waals surface area contributed by atoms with E-state index >= 15 is 0 Å². The second-order valence-electron chi connectivity index (χ2n) is 2.46. The van der Waals surface area contributed by atoms with E-state index in [0.29, 0.717) is 0 Å². The van der Waals surface area contributed by atoms with E-state index in [1.165, 1.54) is 19.3 Å². The van der Waals surface area contributed by atoms with Gasteiger partial charge >= 0.3 is 0 Å². The van der Waals surface area contributed by atoms with Crippen LogP contribution in [0.2, 0.25) is 5.02 Å². The van der Waals surface area contributed by atoms with Crippen molar-refractivity contribution in [3.05, 3.63) is 35.4 Å². The molecule has 13 heavy (non-hydrogen) atoms. The molecule has 0 aliphatic heterocycles. The molecule has 1 N–H and O–H groups in total. The molecular weight excluding hydrogens is 188 g/mol. The van der Waals surface area contributed by atoms with Crippen molar-refractivity contribution in [3.8, 4) is 0 Å². The van der Waals surface area contributed by atoms with Gasteiger partial charge in [0, 0.05) is 5.02 Å². The second-order valence-corrected chi connectivity index (χ2v) is 2.90. The van der Waals surface area contributed by atoms with Crippen LogP contribution in [0.4, 0.5) is 0 Å². The van der Waals surface area contributed by atoms with Crippen molar-refractivity contribution in [3.63, 3.8) is 0 Å². The van der Waals surface area contributed by atoms with Gasteiger partial charge in [0.2, 0.25) is 0 Å². The zero-order valence-corrected chi connectivity index (χ0v) is 8.07. The highest BCUT2D eigenvalue weighted by molar-refractivity contribution is 6.30. The van der Waals surface area contributed by atoms with Gasteiger partial charge in [-0.2, -0.15) is 0 Å². The third-order valence-corrected chi connectivity index (χ3v) is 1.34. The van der Waals surface area contributed by atoms with E-state index in [-0.39, 0.29) is 6.47 Å². The van der Waals surface area contributed by atoms with Gasteiger partial charge in [-0.05, 0) is 12.1 Å². The lowest BCUT2D eigenvalue weighted by Crippen LogP contribution is -1.55. The number of hydrogen-bond donors (Lipinski definition) is 1. The van der Waals surface area contributed by atoms with E-state index in [1.807, 2.05) is 30.3 Å². The maximum absolute atomic E-state index is 8.36. The van der Waals surface area contributed by atoms with Gasteiger partial charge in [-0.25, -0.2) is 0 Å². The van der Waals surface area contributed by atoms with Gasteiger partial charge in [0.1, 0.15) is 0 Å². The predicted molar refractivity (Wildman–Crippen MR) is 54.0 cm³/mol. The number of carboxylic acid groups (broad SMARTS) is 1. The fourth-order valence-electron chi connectivity index (χ4n) is 0.415. The standard InChI is InChI=1S/C6H5Cl.C3H6.CH2O2/c7-6-4-2-1-3-5-6;1-2-3-1;2-1-3/h1-5H;1-3H2;1H,(H,2,3). The summed E-state index contributed by atoms with van der Waals surface area (Å²) in [7, 11) is 0. The molecule has 0 unspecified atom stereocenters. The summed E-state index contributed by atoms with van der Waals surface area (Å²) in [5.74, 6) is 0. The molecule has 0 atom stereocenters. The summed E-state index contributed by atoms with van der Waals surface area (Å²) < 4.78 is 0. The topological polar surface area (TPSA) is 37.3 Å². The first kappa shape index (κ1) is 12.0. The quantitative estimate of drug-likeness (QED) is 0.653. The van der Waals surface area contributed by atoms with Crippen molar-refractivity contribution in [2.75, 3.05) is 0 Å². The van der Waals surface area contributed by atoms with Crippen LogP contribution in [0.5, 0.6) is 0 Å². The van der Waals surface area contributed by atoms with Gasteiger partial charge in [-0.1, -0.05) is 49.1 Å². The van der Waals surface area contributed by atoms with Crippen molar-refractivity contribution in [2.45, 2.75) is 19.3 Å². The molecule has 0 radical (unpaired) electrons. The molecule has 2 nitrogen and oxygen atoms in total. The van der Waals surface area contributed by atoms with Crippen LogP contribution in [0.1, 0.15) is 19.3 Å². The van der Waals surface area contributed by atoms with Crippen LogP contribution in [-0.2, 0) is 4.79 Å². The molecule has 0 amide bonds. The van der Waals surface area contributed by atoms with Crippen molar-refractivity contribution >= 4 is 18.1 Å². The van der Waals surface area contributed by atoms with E-state index in [4.69, 9.17) is 21.5 Å². The van der Waals surface area contributed by atoms with Crippen molar-refractivity contribution < 1.29 is 9.90 Å². The van der Waals surface area contributed by atoms with E-state index < -0.39 is 0 Å². The molecule has 1 aromatic carbocycles. The number of halogens is 1. The van der Waals surface area contributed by atoms with E-state index in [9.17, 15) is 0 Å². The first-order valence-corrected chi connectivity index (χ1v) is 4.47. The Morgan fingerprint density at radius 2 is 1.54 bits per heavy atom. The monoisotopic (exact) mass is 200 g/mol. The predicted octanol–water partition coefficient (Wildman–Crippen LogP) is 3.21. The SMILES string of the molecule is C1CC1.Clc1ccccc1.O=CO. The summed E-state index contributed by atoms with van der Waals surface area (Å²) in [6.45, 7) is -0.250. The minimum Gasteiger partial charge on any atom is -0.483 e. The Morgan fingerprint density at radius 3 is 1.69 bits per heavy atom. The van der Waals surface area contributed by atoms with Crippen LogP contribution in [-0.4, -0.2) is 11.6 Å². The third kappa shape index (κ3) is 13.9. The normalized spacial score (nSPS) is 11.2. The Hall–Kier alpha value is -1.02. The summed E-state index contributed by atoms with van der Waals surface area (Å²) >= 11 is 5.54. The molecule has 1 aromatic rings. The second kappa shape index (κ2) is 9.07. The average molecular weight is 201 g/mol. The van der Waals surface area contributed by atoms with Gasteiger partial charge in [-0.3, -0.25) is 4.79 Å². The molecule has 1 saturated carbocycles. The van der Waals surface area contributed by atoms with Gasteiger partial charge < -0.3 is 5.11 Å². The Bertz CT molecular complexity index is 207. The molecule has 0 heterocycles. The zero-order chi connectivity index (χ0) is 9.94. The Labute approximate surface area is 83.2 Å². The lowest BCUT2D eigenvalue weighted by atomic mass is 10.4. The summed E-state index contributed by atoms with van der Waals surface area (Å²) in [4.78, 5) is 8.36. The third-order valence-electron chi connectivity index (χ3n) is 1.09. The number of rotatable bonds is 0. The van der Waals surface area contributed by atoms with Gasteiger partial charge in [-0.15, -0.1) is 0 Å². The molecule has 3 heteroatoms. The van der Waals surface area contributed by atoms with Crippen LogP contribution in [0.15, 0.2) is 30.3 Å². The van der Waals surface area contributed by atoms with E-state index in [2.05, 4.69) is 0 Å². The maximum atomic E-state index is 8.36. The fourth-order valence-corrected chi connectivity index (χ4v) is 0.560. The molecule has 1 aliphatic rings. The lowest BCUT2D eigenvalue weighted by Gasteiger charge is -1.80. The molecule has 0 aromatic heterocycles. The van der Waals surface area contributed by atoms with Gasteiger partial charge in [0.15, 0.2) is 0 Å². The van der Waals surface area contributed by atoms with Crippen LogP contribution in [0.25, 0.3) is 0 Å². The zero-order valence-electron chi connectivity index (χ0n) is 7.32. The van der Waals surface area contributed by atoms with Crippen LogP contribution >= 0.6 is 11.6 Å². The molecule has 0 bridgehead atoms. The van der Waals surface area contributed by atoms with Crippen molar-refractivity contribution in [1.29, 1.82) is 0 Å². The lowest BCUT2D eigenvalue weighted by molar-refractivity contribution is -0.122. The van der Waals surface area contributed by atoms with Crippen molar-refractivity contribution in [1.82, 2.24) is 0 Å². The summed E-state index contributed by atoms with van der Waals surface area (Å²) in [6, 6.07) is 9.44. The highest BCUT2D eigenvalue weighted by Crippen LogP contribution is 2.14. The summed E-state index contributed by atoms with van der Waals surface area (Å²) in [5, 5.41) is 7.68. The highest BCUT2D eigenvalue weighted by Gasteiger charge is 1.95. The molecule has 0 saturated heterocycles. The first-order valence-electron chi connectivity index (χ1n) is 4.09. The maximum Gasteiger partial charge on any atom is 0.290 e. The van der Waals surface area contributed by atoms with Gasteiger partial charge in [0.25, 0.3) is 6.47 Å². The number of carbonyl (C=O) groups is 1. The fraction of sp³-hybridized carbons (Fsp3) is 0.300. The largest absolute Gasteiger partial charge is 0.483 e. The number of hydrogen-bond acceptors (Lipinski definition) is 1. The molecule has 0 spiro atoms. The van der Waals surface area contributed by atoms with Crippen LogP contribution in [0.3, 0.4) is 0 Å². The first-order chi connectivity index (χ1) is 6.31. The average Bonchev–Trinajstić information content (AvgIpc) is 2.92.